The molecule has 5 aromatic rings. The molecule has 0 saturated heterocycles. The molecule has 1 N–H and O–H groups in total. The molecule has 3 heterocycles. The minimum Gasteiger partial charge on any atom is -0.360 e. The molecular weight excluding hydrogens is 382 g/mol. The van der Waals surface area contributed by atoms with Gasteiger partial charge in [-0.15, -0.1) is 0 Å². The summed E-state index contributed by atoms with van der Waals surface area (Å²) < 4.78 is 1.78. The Hall–Kier alpha value is -3.45. The molecule has 2 aromatic carbocycles. The maximum atomic E-state index is 13.1. The van der Waals surface area contributed by atoms with Gasteiger partial charge in [-0.25, -0.2) is 14.6 Å². The van der Waals surface area contributed by atoms with E-state index < -0.39 is 0 Å². The number of aromatic nitrogens is 5. The Labute approximate surface area is 171 Å². The number of rotatable bonds is 5. The third kappa shape index (κ3) is 3.09. The average Bonchev–Trinajstić information content (AvgIpc) is 3.39. The molecule has 0 aliphatic rings. The highest BCUT2D eigenvalue weighted by atomic mass is 32.2. The Kier molecular flexibility index (Phi) is 4.37. The van der Waals surface area contributed by atoms with Crippen molar-refractivity contribution in [3.8, 4) is 5.69 Å². The molecule has 5 rings (SSSR count). The van der Waals surface area contributed by atoms with Crippen molar-refractivity contribution in [3.05, 3.63) is 78.9 Å². The summed E-state index contributed by atoms with van der Waals surface area (Å²) in [5.41, 5.74) is 3.31. The fourth-order valence-corrected chi connectivity index (χ4v) is 4.34. The highest BCUT2D eigenvalue weighted by Crippen LogP contribution is 2.31. The molecular formula is C22H17N5OS. The number of H-pyrrole nitrogens is 1. The summed E-state index contributed by atoms with van der Waals surface area (Å²) in [6.45, 7) is 1.91. The van der Waals surface area contributed by atoms with Crippen LogP contribution in [0.2, 0.25) is 0 Å². The van der Waals surface area contributed by atoms with Gasteiger partial charge in [-0.1, -0.05) is 48.2 Å². The van der Waals surface area contributed by atoms with Crippen LogP contribution < -0.4 is 0 Å². The molecule has 0 spiro atoms. The van der Waals surface area contributed by atoms with Crippen molar-refractivity contribution in [1.82, 2.24) is 24.7 Å². The van der Waals surface area contributed by atoms with E-state index in [0.29, 0.717) is 5.56 Å². The van der Waals surface area contributed by atoms with Crippen molar-refractivity contribution >= 4 is 39.5 Å². The van der Waals surface area contributed by atoms with Gasteiger partial charge in [0.25, 0.3) is 0 Å². The first-order valence-corrected chi connectivity index (χ1v) is 10.1. The number of nitrogens with zero attached hydrogens (tertiary/aromatic N) is 4. The summed E-state index contributed by atoms with van der Waals surface area (Å²) in [6, 6.07) is 17.7. The SMILES string of the molecule is CC(Sc1ncnc2c1cnn2-c1ccccc1)C(=O)c1c[nH]c2ccccc12. The second-order valence-electron chi connectivity index (χ2n) is 6.68. The largest absolute Gasteiger partial charge is 0.360 e. The lowest BCUT2D eigenvalue weighted by Crippen LogP contribution is -2.13. The molecule has 0 aliphatic carbocycles. The van der Waals surface area contributed by atoms with Crippen LogP contribution >= 0.6 is 11.8 Å². The number of benzene rings is 2. The van der Waals surface area contributed by atoms with Gasteiger partial charge in [-0.2, -0.15) is 5.10 Å². The molecule has 0 radical (unpaired) electrons. The zero-order valence-electron chi connectivity index (χ0n) is 15.6. The minimum atomic E-state index is -0.299. The van der Waals surface area contributed by atoms with Crippen LogP contribution in [0, 0.1) is 0 Å². The summed E-state index contributed by atoms with van der Waals surface area (Å²) in [5.74, 6) is 0.0645. The fourth-order valence-electron chi connectivity index (χ4n) is 3.39. The van der Waals surface area contributed by atoms with Crippen molar-refractivity contribution in [2.75, 3.05) is 0 Å². The molecule has 7 heteroatoms. The van der Waals surface area contributed by atoms with Crippen LogP contribution in [0.1, 0.15) is 17.3 Å². The van der Waals surface area contributed by atoms with Crippen molar-refractivity contribution in [2.45, 2.75) is 17.2 Å². The van der Waals surface area contributed by atoms with E-state index in [9.17, 15) is 4.79 Å². The second-order valence-corrected chi connectivity index (χ2v) is 8.01. The topological polar surface area (TPSA) is 76.5 Å². The lowest BCUT2D eigenvalue weighted by Gasteiger charge is -2.10. The Balaban J connectivity index is 1.47. The Morgan fingerprint density at radius 3 is 2.69 bits per heavy atom. The molecule has 1 unspecified atom stereocenters. The lowest BCUT2D eigenvalue weighted by molar-refractivity contribution is 0.0995. The third-order valence-electron chi connectivity index (χ3n) is 4.84. The highest BCUT2D eigenvalue weighted by molar-refractivity contribution is 8.00. The zero-order valence-corrected chi connectivity index (χ0v) is 16.4. The van der Waals surface area contributed by atoms with E-state index >= 15 is 0 Å². The smallest absolute Gasteiger partial charge is 0.178 e. The fraction of sp³-hybridized carbons (Fsp3) is 0.0909. The van der Waals surface area contributed by atoms with E-state index in [1.807, 2.05) is 61.5 Å². The quantitative estimate of drug-likeness (QED) is 0.264. The van der Waals surface area contributed by atoms with Crippen molar-refractivity contribution in [1.29, 1.82) is 0 Å². The number of hydrogen-bond donors (Lipinski definition) is 1. The molecule has 0 bridgehead atoms. The van der Waals surface area contributed by atoms with Gasteiger partial charge in [0.1, 0.15) is 11.4 Å². The third-order valence-corrected chi connectivity index (χ3v) is 5.96. The molecule has 0 aliphatic heterocycles. The number of hydrogen-bond acceptors (Lipinski definition) is 5. The number of para-hydroxylation sites is 2. The maximum absolute atomic E-state index is 13.1. The summed E-state index contributed by atoms with van der Waals surface area (Å²) in [4.78, 5) is 25.1. The van der Waals surface area contributed by atoms with E-state index in [1.54, 1.807) is 17.1 Å². The molecule has 0 fully saturated rings. The summed E-state index contributed by atoms with van der Waals surface area (Å²) in [7, 11) is 0. The first kappa shape index (κ1) is 17.6. The van der Waals surface area contributed by atoms with Gasteiger partial charge in [0, 0.05) is 22.7 Å². The van der Waals surface area contributed by atoms with Crippen LogP contribution in [-0.4, -0.2) is 35.8 Å². The predicted octanol–water partition coefficient (Wildman–Crippen LogP) is 4.66. The normalized spacial score (nSPS) is 12.4. The van der Waals surface area contributed by atoms with Crippen LogP contribution in [0.25, 0.3) is 27.6 Å². The zero-order chi connectivity index (χ0) is 19.8. The highest BCUT2D eigenvalue weighted by Gasteiger charge is 2.22. The summed E-state index contributed by atoms with van der Waals surface area (Å²) in [6.07, 6.45) is 5.06. The van der Waals surface area contributed by atoms with Gasteiger partial charge in [-0.05, 0) is 25.1 Å². The number of thioether (sulfide) groups is 1. The van der Waals surface area contributed by atoms with Crippen molar-refractivity contribution in [2.24, 2.45) is 0 Å². The van der Waals surface area contributed by atoms with E-state index in [2.05, 4.69) is 20.1 Å². The second kappa shape index (κ2) is 7.18. The summed E-state index contributed by atoms with van der Waals surface area (Å²) in [5, 5.41) is 6.70. The van der Waals surface area contributed by atoms with Gasteiger partial charge in [0.05, 0.1) is 22.5 Å². The standard InChI is InChI=1S/C22H17N5OS/c1-14(20(28)17-11-23-19-10-6-5-9-16(17)19)29-22-18-12-26-27(21(18)24-13-25-22)15-7-3-2-4-8-15/h2-14,23H,1H3. The average molecular weight is 399 g/mol. The molecule has 142 valence electrons. The van der Waals surface area contributed by atoms with Crippen LogP contribution in [0.5, 0.6) is 0 Å². The van der Waals surface area contributed by atoms with E-state index in [1.165, 1.54) is 18.1 Å². The van der Waals surface area contributed by atoms with Gasteiger partial charge < -0.3 is 4.98 Å². The number of ketones is 1. The van der Waals surface area contributed by atoms with E-state index in [4.69, 9.17) is 0 Å². The first-order valence-electron chi connectivity index (χ1n) is 9.23. The molecule has 0 amide bonds. The predicted molar refractivity (Wildman–Crippen MR) is 115 cm³/mol. The Bertz CT molecular complexity index is 1330. The monoisotopic (exact) mass is 399 g/mol. The summed E-state index contributed by atoms with van der Waals surface area (Å²) >= 11 is 1.43. The number of aromatic amines is 1. The van der Waals surface area contributed by atoms with Crippen molar-refractivity contribution in [3.63, 3.8) is 0 Å². The lowest BCUT2D eigenvalue weighted by atomic mass is 10.1. The van der Waals surface area contributed by atoms with Gasteiger partial charge >= 0.3 is 0 Å². The van der Waals surface area contributed by atoms with Crippen LogP contribution in [-0.2, 0) is 0 Å². The number of Topliss-reactive ketones (excluding diaryl/α,β-unsaturated/α-hetero) is 1. The number of nitrogens with one attached hydrogen (secondary N) is 1. The number of carbonyl (C=O) groups excluding carboxylic acids is 1. The number of fused-ring (bicyclic) bond motifs is 2. The first-order chi connectivity index (χ1) is 14.2. The Morgan fingerprint density at radius 1 is 1.03 bits per heavy atom. The van der Waals surface area contributed by atoms with E-state index in [0.717, 1.165) is 32.6 Å². The molecule has 1 atom stereocenters. The van der Waals surface area contributed by atoms with Gasteiger partial charge in [-0.3, -0.25) is 4.79 Å². The minimum absolute atomic E-state index is 0.0645. The van der Waals surface area contributed by atoms with Gasteiger partial charge in [0.2, 0.25) is 0 Å². The maximum Gasteiger partial charge on any atom is 0.178 e. The molecule has 6 nitrogen and oxygen atoms in total. The van der Waals surface area contributed by atoms with Crippen molar-refractivity contribution < 1.29 is 4.79 Å². The van der Waals surface area contributed by atoms with E-state index in [-0.39, 0.29) is 11.0 Å². The van der Waals surface area contributed by atoms with Crippen LogP contribution in [0.4, 0.5) is 0 Å². The van der Waals surface area contributed by atoms with Crippen LogP contribution in [0.15, 0.2) is 78.3 Å². The van der Waals surface area contributed by atoms with Crippen LogP contribution in [0.3, 0.4) is 0 Å². The molecule has 29 heavy (non-hydrogen) atoms. The molecule has 3 aromatic heterocycles. The van der Waals surface area contributed by atoms with Gasteiger partial charge in [0.15, 0.2) is 11.4 Å². The molecule has 0 saturated carbocycles. The Morgan fingerprint density at radius 2 is 1.83 bits per heavy atom. The number of carbonyl (C=O) groups is 1.